The van der Waals surface area contributed by atoms with Gasteiger partial charge in [-0.2, -0.15) is 0 Å². The molecule has 18 heavy (non-hydrogen) atoms. The van der Waals surface area contributed by atoms with Crippen molar-refractivity contribution < 1.29 is 0 Å². The molecule has 0 fully saturated rings. The number of rotatable bonds is 3. The summed E-state index contributed by atoms with van der Waals surface area (Å²) in [6, 6.07) is 13.2. The van der Waals surface area contributed by atoms with E-state index in [1.807, 2.05) is 11.3 Å². The van der Waals surface area contributed by atoms with Crippen LogP contribution in [-0.4, -0.2) is 6.54 Å². The molecule has 0 radical (unpaired) electrons. The third-order valence-corrected chi connectivity index (χ3v) is 5.05. The van der Waals surface area contributed by atoms with Crippen LogP contribution in [0.25, 0.3) is 0 Å². The van der Waals surface area contributed by atoms with Crippen molar-refractivity contribution in [2.45, 2.75) is 31.1 Å². The van der Waals surface area contributed by atoms with Gasteiger partial charge in [-0.25, -0.2) is 0 Å². The first kappa shape index (κ1) is 11.9. The molecule has 1 heterocycles. The molecule has 1 aliphatic rings. The summed E-state index contributed by atoms with van der Waals surface area (Å²) < 4.78 is 0. The Labute approximate surface area is 113 Å². The Bertz CT molecular complexity index is 518. The number of nitrogens with two attached hydrogens (primary N) is 1. The van der Waals surface area contributed by atoms with Gasteiger partial charge in [0.15, 0.2) is 0 Å². The summed E-state index contributed by atoms with van der Waals surface area (Å²) in [5, 5.41) is 2.16. The van der Waals surface area contributed by atoms with E-state index < -0.39 is 0 Å². The molecule has 1 aromatic carbocycles. The first-order valence-corrected chi connectivity index (χ1v) is 7.53. The van der Waals surface area contributed by atoms with E-state index in [0.29, 0.717) is 0 Å². The van der Waals surface area contributed by atoms with Crippen molar-refractivity contribution >= 4 is 11.3 Å². The van der Waals surface area contributed by atoms with Gasteiger partial charge in [0.1, 0.15) is 0 Å². The molecule has 0 bridgehead atoms. The molecular formula is C16H19NS. The normalized spacial score (nSPS) is 22.7. The molecule has 94 valence electrons. The monoisotopic (exact) mass is 257 g/mol. The average Bonchev–Trinajstić information content (AvgIpc) is 2.92. The third-order valence-electron chi connectivity index (χ3n) is 4.17. The highest BCUT2D eigenvalue weighted by molar-refractivity contribution is 7.09. The van der Waals surface area contributed by atoms with Gasteiger partial charge in [-0.3, -0.25) is 0 Å². The molecule has 0 aliphatic heterocycles. The van der Waals surface area contributed by atoms with Crippen LogP contribution in [0.15, 0.2) is 41.8 Å². The first-order valence-electron chi connectivity index (χ1n) is 6.65. The Morgan fingerprint density at radius 2 is 2.06 bits per heavy atom. The number of hydrogen-bond donors (Lipinski definition) is 1. The van der Waals surface area contributed by atoms with E-state index in [1.54, 1.807) is 0 Å². The molecule has 2 heteroatoms. The van der Waals surface area contributed by atoms with Crippen molar-refractivity contribution in [3.63, 3.8) is 0 Å². The predicted molar refractivity (Wildman–Crippen MR) is 78.1 cm³/mol. The minimum Gasteiger partial charge on any atom is -0.330 e. The van der Waals surface area contributed by atoms with Crippen LogP contribution in [-0.2, 0) is 18.3 Å². The molecule has 1 nitrogen and oxygen atoms in total. The molecule has 1 aromatic heterocycles. The lowest BCUT2D eigenvalue weighted by atomic mass is 9.68. The van der Waals surface area contributed by atoms with Gasteiger partial charge >= 0.3 is 0 Å². The lowest BCUT2D eigenvalue weighted by Gasteiger charge is -2.38. The molecule has 1 aliphatic carbocycles. The van der Waals surface area contributed by atoms with Gasteiger partial charge in [0.05, 0.1) is 0 Å². The van der Waals surface area contributed by atoms with E-state index in [0.717, 1.165) is 13.0 Å². The molecule has 2 aromatic rings. The Kier molecular flexibility index (Phi) is 3.23. The van der Waals surface area contributed by atoms with Gasteiger partial charge in [0.2, 0.25) is 0 Å². The molecule has 2 N–H and O–H groups in total. The minimum atomic E-state index is 0.166. The molecule has 0 saturated heterocycles. The number of fused-ring (bicyclic) bond motifs is 1. The predicted octanol–water partition coefficient (Wildman–Crippen LogP) is 3.52. The van der Waals surface area contributed by atoms with E-state index in [4.69, 9.17) is 5.73 Å². The van der Waals surface area contributed by atoms with Crippen LogP contribution in [0.5, 0.6) is 0 Å². The summed E-state index contributed by atoms with van der Waals surface area (Å²) in [6.07, 6.45) is 4.79. The van der Waals surface area contributed by atoms with Crippen molar-refractivity contribution in [3.05, 3.63) is 57.8 Å². The van der Waals surface area contributed by atoms with E-state index in [2.05, 4.69) is 41.8 Å². The van der Waals surface area contributed by atoms with Crippen LogP contribution < -0.4 is 5.73 Å². The van der Waals surface area contributed by atoms with Crippen molar-refractivity contribution in [1.29, 1.82) is 0 Å². The number of benzene rings is 1. The van der Waals surface area contributed by atoms with Crippen LogP contribution in [0, 0.1) is 0 Å². The zero-order valence-electron chi connectivity index (χ0n) is 10.6. The molecule has 3 rings (SSSR count). The lowest BCUT2D eigenvalue weighted by molar-refractivity contribution is 0.368. The third kappa shape index (κ3) is 2.00. The zero-order valence-corrected chi connectivity index (χ0v) is 11.4. The number of hydrogen-bond acceptors (Lipinski definition) is 2. The van der Waals surface area contributed by atoms with Crippen molar-refractivity contribution in [1.82, 2.24) is 0 Å². The van der Waals surface area contributed by atoms with Gasteiger partial charge in [-0.15, -0.1) is 11.3 Å². The maximum Gasteiger partial charge on any atom is 0.0126 e. The fourth-order valence-corrected chi connectivity index (χ4v) is 4.07. The Morgan fingerprint density at radius 1 is 1.17 bits per heavy atom. The lowest BCUT2D eigenvalue weighted by Crippen LogP contribution is -2.40. The van der Waals surface area contributed by atoms with Crippen LogP contribution in [0.2, 0.25) is 0 Å². The summed E-state index contributed by atoms with van der Waals surface area (Å²) in [5.41, 5.74) is 9.34. The smallest absolute Gasteiger partial charge is 0.0126 e. The highest BCUT2D eigenvalue weighted by Gasteiger charge is 2.35. The second-order valence-electron chi connectivity index (χ2n) is 5.25. The fraction of sp³-hybridized carbons (Fsp3) is 0.375. The maximum atomic E-state index is 6.17. The van der Waals surface area contributed by atoms with E-state index in [9.17, 15) is 0 Å². The van der Waals surface area contributed by atoms with Crippen LogP contribution in [0.1, 0.15) is 28.8 Å². The van der Waals surface area contributed by atoms with E-state index in [1.165, 1.54) is 35.3 Å². The Balaban J connectivity index is 2.02. The Hall–Kier alpha value is -1.12. The first-order chi connectivity index (χ1) is 8.84. The van der Waals surface area contributed by atoms with Crippen LogP contribution >= 0.6 is 11.3 Å². The number of aryl methyl sites for hydroxylation is 1. The largest absolute Gasteiger partial charge is 0.330 e. The van der Waals surface area contributed by atoms with E-state index >= 15 is 0 Å². The molecule has 0 amide bonds. The fourth-order valence-electron chi connectivity index (χ4n) is 3.22. The van der Waals surface area contributed by atoms with Gasteiger partial charge < -0.3 is 5.73 Å². The van der Waals surface area contributed by atoms with E-state index in [-0.39, 0.29) is 5.41 Å². The standard InChI is InChI=1S/C16H19NS/c17-12-16(11-14-7-4-10-18-14)9-3-6-13-5-1-2-8-15(13)16/h1-2,4-5,7-8,10H,3,6,9,11-12,17H2. The quantitative estimate of drug-likeness (QED) is 0.894. The summed E-state index contributed by atoms with van der Waals surface area (Å²) in [7, 11) is 0. The molecule has 0 spiro atoms. The summed E-state index contributed by atoms with van der Waals surface area (Å²) >= 11 is 1.85. The summed E-state index contributed by atoms with van der Waals surface area (Å²) in [5.74, 6) is 0. The van der Waals surface area contributed by atoms with Gasteiger partial charge in [0, 0.05) is 16.8 Å². The van der Waals surface area contributed by atoms with Gasteiger partial charge in [-0.05, 0) is 48.3 Å². The summed E-state index contributed by atoms with van der Waals surface area (Å²) in [6.45, 7) is 0.752. The molecule has 1 atom stereocenters. The van der Waals surface area contributed by atoms with Crippen molar-refractivity contribution in [3.8, 4) is 0 Å². The van der Waals surface area contributed by atoms with Crippen LogP contribution in [0.4, 0.5) is 0 Å². The minimum absolute atomic E-state index is 0.166. The van der Waals surface area contributed by atoms with Gasteiger partial charge in [-0.1, -0.05) is 30.3 Å². The highest BCUT2D eigenvalue weighted by atomic mass is 32.1. The molecule has 0 saturated carbocycles. The zero-order chi connectivity index (χ0) is 12.4. The maximum absolute atomic E-state index is 6.17. The van der Waals surface area contributed by atoms with Crippen molar-refractivity contribution in [2.75, 3.05) is 6.54 Å². The van der Waals surface area contributed by atoms with Crippen LogP contribution in [0.3, 0.4) is 0 Å². The highest BCUT2D eigenvalue weighted by Crippen LogP contribution is 2.39. The van der Waals surface area contributed by atoms with Gasteiger partial charge in [0.25, 0.3) is 0 Å². The average molecular weight is 257 g/mol. The topological polar surface area (TPSA) is 26.0 Å². The SMILES string of the molecule is NCC1(Cc2cccs2)CCCc2ccccc21. The Morgan fingerprint density at radius 3 is 2.83 bits per heavy atom. The molecule has 1 unspecified atom stereocenters. The summed E-state index contributed by atoms with van der Waals surface area (Å²) in [4.78, 5) is 1.46. The molecular weight excluding hydrogens is 238 g/mol. The second kappa shape index (κ2) is 4.87. The second-order valence-corrected chi connectivity index (χ2v) is 6.28. The van der Waals surface area contributed by atoms with Crippen molar-refractivity contribution in [2.24, 2.45) is 5.73 Å². The number of thiophene rings is 1.